The molecule has 0 aliphatic heterocycles. The van der Waals surface area contributed by atoms with Crippen LogP contribution < -0.4 is 0 Å². The molecular formula is C10H10N4O2S. The Bertz CT molecular complexity index is 567. The summed E-state index contributed by atoms with van der Waals surface area (Å²) in [6.07, 6.45) is 0. The highest BCUT2D eigenvalue weighted by Gasteiger charge is 2.10. The summed E-state index contributed by atoms with van der Waals surface area (Å²) in [6, 6.07) is 5.24. The number of aromatic nitrogens is 4. The van der Waals surface area contributed by atoms with Crippen LogP contribution in [0.25, 0.3) is 0 Å². The van der Waals surface area contributed by atoms with Gasteiger partial charge in [-0.3, -0.25) is 0 Å². The Kier molecular flexibility index (Phi) is 3.10. The molecule has 0 saturated carbocycles. The molecule has 1 aromatic carbocycles. The molecule has 88 valence electrons. The topological polar surface area (TPSA) is 80.9 Å². The highest BCUT2D eigenvalue weighted by molar-refractivity contribution is 7.99. The molecule has 0 unspecified atom stereocenters. The minimum atomic E-state index is -0.930. The Morgan fingerprint density at radius 3 is 2.82 bits per heavy atom. The molecule has 0 amide bonds. The van der Waals surface area contributed by atoms with Crippen molar-refractivity contribution in [2.75, 3.05) is 0 Å². The standard InChI is InChI=1S/C10H10N4O2S/c1-6-3-4-7(5-8(6)9(15)16)17-10-11-12-13-14(10)2/h3-5H,1-2H3,(H,15,16). The summed E-state index contributed by atoms with van der Waals surface area (Å²) in [6.45, 7) is 1.77. The van der Waals surface area contributed by atoms with Crippen molar-refractivity contribution in [1.29, 1.82) is 0 Å². The minimum Gasteiger partial charge on any atom is -0.478 e. The number of hydrogen-bond acceptors (Lipinski definition) is 5. The first-order valence-electron chi connectivity index (χ1n) is 4.82. The van der Waals surface area contributed by atoms with Crippen LogP contribution >= 0.6 is 11.8 Å². The predicted octanol–water partition coefficient (Wildman–Crippen LogP) is 1.37. The number of benzene rings is 1. The van der Waals surface area contributed by atoms with Crippen molar-refractivity contribution in [3.05, 3.63) is 29.3 Å². The Labute approximate surface area is 102 Å². The summed E-state index contributed by atoms with van der Waals surface area (Å²) in [5, 5.41) is 20.7. The molecule has 2 aromatic rings. The van der Waals surface area contributed by atoms with Crippen LogP contribution in [0.15, 0.2) is 28.3 Å². The average Bonchev–Trinajstić information content (AvgIpc) is 2.67. The van der Waals surface area contributed by atoms with Crippen molar-refractivity contribution in [3.63, 3.8) is 0 Å². The Morgan fingerprint density at radius 1 is 1.47 bits per heavy atom. The van der Waals surface area contributed by atoms with E-state index >= 15 is 0 Å². The average molecular weight is 250 g/mol. The summed E-state index contributed by atoms with van der Waals surface area (Å²) in [7, 11) is 1.73. The first-order chi connectivity index (χ1) is 8.08. The Balaban J connectivity index is 2.32. The second kappa shape index (κ2) is 4.54. The van der Waals surface area contributed by atoms with E-state index in [-0.39, 0.29) is 0 Å². The fourth-order valence-corrected chi connectivity index (χ4v) is 2.08. The number of tetrazole rings is 1. The van der Waals surface area contributed by atoms with Gasteiger partial charge in [-0.15, -0.1) is 5.10 Å². The molecule has 1 aromatic heterocycles. The van der Waals surface area contributed by atoms with E-state index < -0.39 is 5.97 Å². The first kappa shape index (κ1) is 11.6. The van der Waals surface area contributed by atoms with E-state index in [9.17, 15) is 4.79 Å². The van der Waals surface area contributed by atoms with Gasteiger partial charge in [-0.2, -0.15) is 0 Å². The molecule has 0 saturated heterocycles. The van der Waals surface area contributed by atoms with Crippen molar-refractivity contribution in [2.45, 2.75) is 17.0 Å². The van der Waals surface area contributed by atoms with Crippen LogP contribution in [-0.4, -0.2) is 31.3 Å². The van der Waals surface area contributed by atoms with Gasteiger partial charge in [0, 0.05) is 11.9 Å². The highest BCUT2D eigenvalue weighted by Crippen LogP contribution is 2.26. The monoisotopic (exact) mass is 250 g/mol. The molecule has 1 N–H and O–H groups in total. The molecule has 0 bridgehead atoms. The highest BCUT2D eigenvalue weighted by atomic mass is 32.2. The molecule has 0 aliphatic rings. The minimum absolute atomic E-state index is 0.296. The van der Waals surface area contributed by atoms with Gasteiger partial charge in [0.2, 0.25) is 5.16 Å². The van der Waals surface area contributed by atoms with Crippen LogP contribution in [0.5, 0.6) is 0 Å². The van der Waals surface area contributed by atoms with Crippen LogP contribution in [0.2, 0.25) is 0 Å². The second-order valence-corrected chi connectivity index (χ2v) is 4.51. The van der Waals surface area contributed by atoms with Gasteiger partial charge in [-0.05, 0) is 46.8 Å². The number of rotatable bonds is 3. The normalized spacial score (nSPS) is 10.5. The molecule has 0 atom stereocenters. The van der Waals surface area contributed by atoms with Gasteiger partial charge >= 0.3 is 5.97 Å². The lowest BCUT2D eigenvalue weighted by atomic mass is 10.1. The first-order valence-corrected chi connectivity index (χ1v) is 5.63. The maximum Gasteiger partial charge on any atom is 0.335 e. The molecule has 0 spiro atoms. The molecule has 17 heavy (non-hydrogen) atoms. The van der Waals surface area contributed by atoms with Gasteiger partial charge in [-0.25, -0.2) is 9.48 Å². The van der Waals surface area contributed by atoms with Crippen LogP contribution in [0.1, 0.15) is 15.9 Å². The molecular weight excluding hydrogens is 240 g/mol. The number of carboxylic acid groups (broad SMARTS) is 1. The van der Waals surface area contributed by atoms with E-state index in [4.69, 9.17) is 5.11 Å². The van der Waals surface area contributed by atoms with Gasteiger partial charge in [0.25, 0.3) is 0 Å². The zero-order valence-corrected chi connectivity index (χ0v) is 10.1. The number of aromatic carboxylic acids is 1. The van der Waals surface area contributed by atoms with Gasteiger partial charge < -0.3 is 5.11 Å². The molecule has 0 fully saturated rings. The molecule has 1 heterocycles. The molecule has 2 rings (SSSR count). The zero-order valence-electron chi connectivity index (χ0n) is 9.28. The number of carboxylic acids is 1. The lowest BCUT2D eigenvalue weighted by Gasteiger charge is -2.04. The summed E-state index contributed by atoms with van der Waals surface area (Å²) >= 11 is 1.32. The number of carbonyl (C=O) groups is 1. The van der Waals surface area contributed by atoms with E-state index in [1.54, 1.807) is 26.1 Å². The summed E-state index contributed by atoms with van der Waals surface area (Å²) < 4.78 is 1.53. The third-order valence-electron chi connectivity index (χ3n) is 2.23. The van der Waals surface area contributed by atoms with Gasteiger partial charge in [0.05, 0.1) is 5.56 Å². The third kappa shape index (κ3) is 2.44. The molecule has 0 radical (unpaired) electrons. The quantitative estimate of drug-likeness (QED) is 0.886. The van der Waals surface area contributed by atoms with Crippen molar-refractivity contribution in [1.82, 2.24) is 20.2 Å². The fourth-order valence-electron chi connectivity index (χ4n) is 1.31. The fraction of sp³-hybridized carbons (Fsp3) is 0.200. The smallest absolute Gasteiger partial charge is 0.335 e. The largest absolute Gasteiger partial charge is 0.478 e. The zero-order chi connectivity index (χ0) is 12.4. The second-order valence-electron chi connectivity index (χ2n) is 3.47. The SMILES string of the molecule is Cc1ccc(Sc2nnnn2C)cc1C(=O)O. The van der Waals surface area contributed by atoms with E-state index in [1.165, 1.54) is 16.4 Å². The van der Waals surface area contributed by atoms with Gasteiger partial charge in [0.15, 0.2) is 0 Å². The summed E-state index contributed by atoms with van der Waals surface area (Å²) in [5.74, 6) is -0.930. The van der Waals surface area contributed by atoms with E-state index in [2.05, 4.69) is 15.5 Å². The predicted molar refractivity (Wildman–Crippen MR) is 61.1 cm³/mol. The third-order valence-corrected chi connectivity index (χ3v) is 3.25. The van der Waals surface area contributed by atoms with Crippen LogP contribution in [-0.2, 0) is 7.05 Å². The summed E-state index contributed by atoms with van der Waals surface area (Å²) in [4.78, 5) is 11.8. The van der Waals surface area contributed by atoms with Crippen molar-refractivity contribution in [3.8, 4) is 0 Å². The van der Waals surface area contributed by atoms with E-state index in [0.29, 0.717) is 10.7 Å². The molecule has 0 aliphatic carbocycles. The van der Waals surface area contributed by atoms with Crippen LogP contribution in [0.4, 0.5) is 0 Å². The van der Waals surface area contributed by atoms with Crippen LogP contribution in [0.3, 0.4) is 0 Å². The molecule has 7 heteroatoms. The van der Waals surface area contributed by atoms with E-state index in [0.717, 1.165) is 10.5 Å². The van der Waals surface area contributed by atoms with Crippen molar-refractivity contribution in [2.24, 2.45) is 7.05 Å². The lowest BCUT2D eigenvalue weighted by molar-refractivity contribution is 0.0696. The lowest BCUT2D eigenvalue weighted by Crippen LogP contribution is -1.99. The number of nitrogens with zero attached hydrogens (tertiary/aromatic N) is 4. The molecule has 6 nitrogen and oxygen atoms in total. The van der Waals surface area contributed by atoms with Crippen molar-refractivity contribution >= 4 is 17.7 Å². The maximum absolute atomic E-state index is 11.0. The maximum atomic E-state index is 11.0. The van der Waals surface area contributed by atoms with Gasteiger partial charge in [-0.1, -0.05) is 6.07 Å². The van der Waals surface area contributed by atoms with Crippen LogP contribution in [0, 0.1) is 6.92 Å². The Morgan fingerprint density at radius 2 is 2.24 bits per heavy atom. The Hall–Kier alpha value is -1.89. The van der Waals surface area contributed by atoms with Crippen molar-refractivity contribution < 1.29 is 9.90 Å². The van der Waals surface area contributed by atoms with E-state index in [1.807, 2.05) is 6.07 Å². The number of hydrogen-bond donors (Lipinski definition) is 1. The number of aryl methyl sites for hydroxylation is 2. The summed E-state index contributed by atoms with van der Waals surface area (Å²) in [5.41, 5.74) is 1.03. The van der Waals surface area contributed by atoms with Gasteiger partial charge in [0.1, 0.15) is 0 Å².